The summed E-state index contributed by atoms with van der Waals surface area (Å²) in [5.41, 5.74) is -3.09. The molecule has 23 nitrogen and oxygen atoms in total. The van der Waals surface area contributed by atoms with E-state index in [1.807, 2.05) is 0 Å². The van der Waals surface area contributed by atoms with Gasteiger partial charge in [-0.05, 0) is 320 Å². The zero-order valence-corrected chi connectivity index (χ0v) is 83.8. The molecular formula is C97H185N17O6. The molecule has 0 atom stereocenters. The van der Waals surface area contributed by atoms with Gasteiger partial charge in [-0.2, -0.15) is 60.3 Å². The van der Waals surface area contributed by atoms with Crippen molar-refractivity contribution in [2.24, 2.45) is 5.92 Å². The van der Waals surface area contributed by atoms with Crippen molar-refractivity contribution in [3.05, 3.63) is 5.82 Å². The molecule has 0 amide bonds. The van der Waals surface area contributed by atoms with Crippen molar-refractivity contribution < 1.29 is 29.0 Å². The van der Waals surface area contributed by atoms with E-state index < -0.39 is 0 Å². The Morgan fingerprint density at radius 1 is 0.225 bits per heavy atom. The van der Waals surface area contributed by atoms with E-state index in [9.17, 15) is 0 Å². The second-order valence-corrected chi connectivity index (χ2v) is 45.3. The fourth-order valence-corrected chi connectivity index (χ4v) is 23.8. The van der Waals surface area contributed by atoms with Crippen molar-refractivity contribution in [2.75, 3.05) is 96.9 Å². The quantitative estimate of drug-likeness (QED) is 0.0573. The summed E-state index contributed by atoms with van der Waals surface area (Å²) in [5, 5.41) is 14.0. The SMILES string of the molecule is CCCCN(c1nc(CC2CC(C)(C)N(OCCC)C(C)(C)C2)nc(N(CCCCCCN(c2nc(N(CCCC)C3CC(C)(C)N(OCCC)C(C)(C)C3)nc(N(CCCC)C3CC(C)(C)N(OCCC)C(C)(C)C3)n2)C2CC(C)(C)N(OCCC)C(C)(C)C2)C2CC(C)(C)N(OCCC)C(C)(C)C2)n1)C1CC(C)(C)N(OCCC)C(C)(C)C1. The molecule has 694 valence electrons. The standard InChI is InChI=1S/C97H185N17O6/c1-34-43-50-104(75-64-88(14,15)110(116-56-38-5)89(16,17)65-75)81-98-80(61-74-62-86(10,11)109(115-55-37-4)87(12,13)63-74)99-82(100-81)107(78-70-94(26,27)113(119-59-41-8)95(28,29)71-78)53-48-46-47-49-54-108(79-72-96(30,31)114(120-60-42-9)97(32,33)73-79)85-102-83(105(51-44-35-2)76-66-90(18,19)111(117-57-39-6)91(20,21)67-76)101-84(103-85)106(52-45-36-3)77-68-92(22,23)112(118-58-40-7)93(24,25)69-77/h74-79H,34-73H2,1-33H3. The zero-order chi connectivity index (χ0) is 89.0. The van der Waals surface area contributed by atoms with E-state index in [1.54, 1.807) is 0 Å². The molecule has 6 saturated heterocycles. The highest BCUT2D eigenvalue weighted by atomic mass is 16.7. The average Bonchev–Trinajstić information content (AvgIpc) is 0.744. The van der Waals surface area contributed by atoms with E-state index >= 15 is 0 Å². The van der Waals surface area contributed by atoms with Gasteiger partial charge in [0.25, 0.3) is 0 Å². The monoisotopic (exact) mass is 1680 g/mol. The minimum atomic E-state index is -0.302. The number of hydrogen-bond acceptors (Lipinski definition) is 23. The van der Waals surface area contributed by atoms with Crippen LogP contribution < -0.4 is 24.5 Å². The molecular weight excluding hydrogens is 1500 g/mol. The highest BCUT2D eigenvalue weighted by Gasteiger charge is 2.56. The van der Waals surface area contributed by atoms with E-state index in [1.165, 1.54) is 0 Å². The van der Waals surface area contributed by atoms with Gasteiger partial charge in [0.2, 0.25) is 29.7 Å². The number of rotatable bonds is 46. The molecule has 0 radical (unpaired) electrons. The Kier molecular flexibility index (Phi) is 35.8. The Bertz CT molecular complexity index is 3230. The van der Waals surface area contributed by atoms with Gasteiger partial charge in [0.1, 0.15) is 5.82 Å². The van der Waals surface area contributed by atoms with Crippen LogP contribution in [-0.4, -0.2) is 229 Å². The van der Waals surface area contributed by atoms with E-state index in [-0.39, 0.29) is 96.7 Å². The summed E-state index contributed by atoms with van der Waals surface area (Å²) in [4.78, 5) is 89.5. The molecule has 0 aromatic carbocycles. The van der Waals surface area contributed by atoms with Crippen molar-refractivity contribution in [3.8, 4) is 0 Å². The fraction of sp³-hybridized carbons (Fsp3) is 0.938. The molecule has 8 heterocycles. The first kappa shape index (κ1) is 102. The first-order valence-corrected chi connectivity index (χ1v) is 49.0. The Labute approximate surface area is 735 Å². The molecule has 6 aliphatic heterocycles. The van der Waals surface area contributed by atoms with Crippen LogP contribution >= 0.6 is 0 Å². The molecule has 2 aromatic rings. The topological polar surface area (TPSA) is 168 Å². The van der Waals surface area contributed by atoms with Crippen molar-refractivity contribution in [1.29, 1.82) is 0 Å². The smallest absolute Gasteiger partial charge is 0.232 e. The van der Waals surface area contributed by atoms with Crippen molar-refractivity contribution in [3.63, 3.8) is 0 Å². The summed E-state index contributed by atoms with van der Waals surface area (Å²) < 4.78 is 0. The van der Waals surface area contributed by atoms with Crippen LogP contribution in [-0.2, 0) is 35.4 Å². The second kappa shape index (κ2) is 42.2. The number of nitrogens with zero attached hydrogens (tertiary/aromatic N) is 17. The predicted octanol–water partition coefficient (Wildman–Crippen LogP) is 21.7. The van der Waals surface area contributed by atoms with Crippen molar-refractivity contribution in [2.45, 2.75) is 511 Å². The number of anilines is 5. The van der Waals surface area contributed by atoms with Crippen molar-refractivity contribution >= 4 is 29.7 Å². The number of hydroxylamine groups is 12. The van der Waals surface area contributed by atoms with Crippen LogP contribution in [0.5, 0.6) is 0 Å². The second-order valence-electron chi connectivity index (χ2n) is 45.3. The van der Waals surface area contributed by atoms with Gasteiger partial charge in [0, 0.05) is 136 Å². The van der Waals surface area contributed by atoms with Gasteiger partial charge in [-0.25, -0.2) is 0 Å². The molecule has 23 heteroatoms. The van der Waals surface area contributed by atoms with Gasteiger partial charge in [-0.3, -0.25) is 29.0 Å². The zero-order valence-electron chi connectivity index (χ0n) is 83.8. The molecule has 0 bridgehead atoms. The molecule has 2 aromatic heterocycles. The van der Waals surface area contributed by atoms with Crippen LogP contribution in [0.2, 0.25) is 0 Å². The maximum Gasteiger partial charge on any atom is 0.232 e. The fourth-order valence-electron chi connectivity index (χ4n) is 23.8. The first-order valence-electron chi connectivity index (χ1n) is 49.0. The van der Waals surface area contributed by atoms with E-state index in [4.69, 9.17) is 58.9 Å². The minimum Gasteiger partial charge on any atom is -0.338 e. The highest BCUT2D eigenvalue weighted by molar-refractivity contribution is 5.50. The van der Waals surface area contributed by atoms with Crippen LogP contribution in [0.4, 0.5) is 29.7 Å². The van der Waals surface area contributed by atoms with Gasteiger partial charge in [0.15, 0.2) is 0 Å². The number of hydrogen-bond donors (Lipinski definition) is 0. The Morgan fingerprint density at radius 3 is 0.567 bits per heavy atom. The largest absolute Gasteiger partial charge is 0.338 e. The lowest BCUT2D eigenvalue weighted by atomic mass is 9.74. The van der Waals surface area contributed by atoms with Crippen LogP contribution in [0, 0.1) is 5.92 Å². The number of aromatic nitrogens is 6. The lowest BCUT2D eigenvalue weighted by Gasteiger charge is -2.56. The number of unbranched alkanes of at least 4 members (excludes halogenated alkanes) is 6. The Hall–Kier alpha value is -3.46. The van der Waals surface area contributed by atoms with Crippen LogP contribution in [0.25, 0.3) is 0 Å². The summed E-state index contributed by atoms with van der Waals surface area (Å²) in [6, 6.07) is 0.679. The van der Waals surface area contributed by atoms with Crippen LogP contribution in [0.15, 0.2) is 0 Å². The molecule has 0 aliphatic carbocycles. The first-order chi connectivity index (χ1) is 56.0. The van der Waals surface area contributed by atoms with E-state index in [0.717, 1.165) is 254 Å². The van der Waals surface area contributed by atoms with Gasteiger partial charge >= 0.3 is 0 Å². The summed E-state index contributed by atoms with van der Waals surface area (Å²) in [6.07, 6.45) is 27.7. The normalized spacial score (nSPS) is 23.7. The summed E-state index contributed by atoms with van der Waals surface area (Å²) in [7, 11) is 0. The highest BCUT2D eigenvalue weighted by Crippen LogP contribution is 2.50. The molecule has 0 unspecified atom stereocenters. The predicted molar refractivity (Wildman–Crippen MR) is 499 cm³/mol. The van der Waals surface area contributed by atoms with Crippen LogP contribution in [0.1, 0.15) is 414 Å². The Morgan fingerprint density at radius 2 is 0.392 bits per heavy atom. The molecule has 6 aliphatic rings. The summed E-state index contributed by atoms with van der Waals surface area (Å²) in [5.74, 6) is 5.27. The molecule has 0 spiro atoms. The maximum absolute atomic E-state index is 6.85. The maximum atomic E-state index is 6.85. The van der Waals surface area contributed by atoms with Gasteiger partial charge in [0.05, 0.1) is 39.6 Å². The van der Waals surface area contributed by atoms with E-state index in [0.29, 0.717) is 45.6 Å². The average molecular weight is 1690 g/mol. The van der Waals surface area contributed by atoms with Crippen molar-refractivity contribution in [1.82, 2.24) is 60.3 Å². The third-order valence-electron chi connectivity index (χ3n) is 27.1. The molecule has 6 fully saturated rings. The third kappa shape index (κ3) is 25.3. The van der Waals surface area contributed by atoms with Gasteiger partial charge in [-0.15, -0.1) is 0 Å². The summed E-state index contributed by atoms with van der Waals surface area (Å²) in [6.45, 7) is 85.9. The molecule has 0 N–H and O–H groups in total. The van der Waals surface area contributed by atoms with Gasteiger partial charge in [-0.1, -0.05) is 94.4 Å². The molecule has 120 heavy (non-hydrogen) atoms. The third-order valence-corrected chi connectivity index (χ3v) is 27.1. The number of piperidine rings is 6. The lowest BCUT2D eigenvalue weighted by Crippen LogP contribution is -2.65. The summed E-state index contributed by atoms with van der Waals surface area (Å²) >= 11 is 0. The molecule has 0 saturated carbocycles. The van der Waals surface area contributed by atoms with E-state index in [2.05, 4.69) is 283 Å². The molecule has 8 rings (SSSR count). The lowest BCUT2D eigenvalue weighted by molar-refractivity contribution is -0.287. The Balaban J connectivity index is 1.27. The van der Waals surface area contributed by atoms with Gasteiger partial charge < -0.3 is 24.5 Å². The van der Waals surface area contributed by atoms with Crippen LogP contribution in [0.3, 0.4) is 0 Å². The minimum absolute atomic E-state index is 0.0954.